The van der Waals surface area contributed by atoms with Gasteiger partial charge in [0.25, 0.3) is 0 Å². The molecule has 0 saturated heterocycles. The summed E-state index contributed by atoms with van der Waals surface area (Å²) in [6, 6.07) is 12.1. The first-order valence-electron chi connectivity index (χ1n) is 6.55. The third-order valence-electron chi connectivity index (χ3n) is 3.71. The van der Waals surface area contributed by atoms with E-state index in [0.29, 0.717) is 0 Å². The standard InChI is InChI=1S/C16H16O3/c1-10-8-12(9-15(17)18)14-7-6-11-4-2-3-5-13(11)16(14)19-10/h2-7,10,12H,8-9H2,1H3,(H,17,18)/t10-,12?/m1/s1. The second kappa shape index (κ2) is 4.57. The van der Waals surface area contributed by atoms with E-state index in [1.165, 1.54) is 0 Å². The Labute approximate surface area is 111 Å². The SMILES string of the molecule is C[C@@H]1CC(CC(=O)O)c2ccc3ccccc3c2O1. The lowest BCUT2D eigenvalue weighted by Crippen LogP contribution is -2.24. The third kappa shape index (κ3) is 2.16. The van der Waals surface area contributed by atoms with Crippen LogP contribution in [-0.4, -0.2) is 17.2 Å². The average Bonchev–Trinajstić information content (AvgIpc) is 2.37. The van der Waals surface area contributed by atoms with Crippen LogP contribution in [0.3, 0.4) is 0 Å². The van der Waals surface area contributed by atoms with E-state index < -0.39 is 5.97 Å². The molecule has 0 bridgehead atoms. The fourth-order valence-electron chi connectivity index (χ4n) is 2.89. The summed E-state index contributed by atoms with van der Waals surface area (Å²) in [5.41, 5.74) is 1.03. The minimum Gasteiger partial charge on any atom is -0.490 e. The van der Waals surface area contributed by atoms with Crippen LogP contribution in [0.4, 0.5) is 0 Å². The molecule has 0 amide bonds. The zero-order chi connectivity index (χ0) is 13.4. The van der Waals surface area contributed by atoms with Crippen LogP contribution >= 0.6 is 0 Å². The summed E-state index contributed by atoms with van der Waals surface area (Å²) in [4.78, 5) is 11.0. The van der Waals surface area contributed by atoms with Gasteiger partial charge in [0.05, 0.1) is 12.5 Å². The summed E-state index contributed by atoms with van der Waals surface area (Å²) in [5, 5.41) is 11.3. The van der Waals surface area contributed by atoms with E-state index >= 15 is 0 Å². The highest BCUT2D eigenvalue weighted by molar-refractivity contribution is 5.90. The van der Waals surface area contributed by atoms with Crippen LogP contribution in [0.25, 0.3) is 10.8 Å². The van der Waals surface area contributed by atoms with Gasteiger partial charge >= 0.3 is 5.97 Å². The minimum absolute atomic E-state index is 0.0425. The summed E-state index contributed by atoms with van der Waals surface area (Å²) < 4.78 is 5.96. The van der Waals surface area contributed by atoms with Crippen molar-refractivity contribution >= 4 is 16.7 Å². The highest BCUT2D eigenvalue weighted by Gasteiger charge is 2.28. The Morgan fingerprint density at radius 2 is 2.11 bits per heavy atom. The average molecular weight is 256 g/mol. The molecule has 0 saturated carbocycles. The van der Waals surface area contributed by atoms with Gasteiger partial charge in [-0.2, -0.15) is 0 Å². The second-order valence-electron chi connectivity index (χ2n) is 5.16. The van der Waals surface area contributed by atoms with E-state index in [1.54, 1.807) is 0 Å². The van der Waals surface area contributed by atoms with Gasteiger partial charge in [-0.3, -0.25) is 4.79 Å². The van der Waals surface area contributed by atoms with Crippen molar-refractivity contribution in [3.63, 3.8) is 0 Å². The van der Waals surface area contributed by atoms with Crippen molar-refractivity contribution in [3.8, 4) is 5.75 Å². The lowest BCUT2D eigenvalue weighted by molar-refractivity contribution is -0.137. The van der Waals surface area contributed by atoms with Crippen LogP contribution in [0.2, 0.25) is 0 Å². The quantitative estimate of drug-likeness (QED) is 0.893. The van der Waals surface area contributed by atoms with E-state index in [4.69, 9.17) is 9.84 Å². The maximum atomic E-state index is 11.0. The predicted octanol–water partition coefficient (Wildman–Crippen LogP) is 3.57. The number of carbonyl (C=O) groups is 1. The monoisotopic (exact) mass is 256 g/mol. The molecule has 1 aliphatic rings. The largest absolute Gasteiger partial charge is 0.490 e. The van der Waals surface area contributed by atoms with Gasteiger partial charge in [-0.1, -0.05) is 36.4 Å². The number of hydrogen-bond acceptors (Lipinski definition) is 2. The van der Waals surface area contributed by atoms with Crippen molar-refractivity contribution < 1.29 is 14.6 Å². The summed E-state index contributed by atoms with van der Waals surface area (Å²) in [6.07, 6.45) is 0.985. The van der Waals surface area contributed by atoms with Gasteiger partial charge in [0.15, 0.2) is 0 Å². The zero-order valence-electron chi connectivity index (χ0n) is 10.8. The Balaban J connectivity index is 2.15. The van der Waals surface area contributed by atoms with Crippen molar-refractivity contribution in [2.45, 2.75) is 31.8 Å². The molecule has 0 aliphatic carbocycles. The molecule has 0 radical (unpaired) electrons. The lowest BCUT2D eigenvalue weighted by atomic mass is 9.86. The molecule has 1 N–H and O–H groups in total. The number of hydrogen-bond donors (Lipinski definition) is 1. The molecule has 3 nitrogen and oxygen atoms in total. The normalized spacial score (nSPS) is 21.7. The van der Waals surface area contributed by atoms with Crippen molar-refractivity contribution in [2.24, 2.45) is 0 Å². The van der Waals surface area contributed by atoms with E-state index in [-0.39, 0.29) is 18.4 Å². The fourth-order valence-corrected chi connectivity index (χ4v) is 2.89. The van der Waals surface area contributed by atoms with Gasteiger partial charge in [0, 0.05) is 11.3 Å². The van der Waals surface area contributed by atoms with Crippen LogP contribution < -0.4 is 4.74 Å². The Hall–Kier alpha value is -2.03. The number of carboxylic acids is 1. The molecule has 3 rings (SSSR count). The number of fused-ring (bicyclic) bond motifs is 3. The van der Waals surface area contributed by atoms with Gasteiger partial charge in [-0.15, -0.1) is 0 Å². The van der Waals surface area contributed by atoms with Gasteiger partial charge in [-0.05, 0) is 24.3 Å². The zero-order valence-corrected chi connectivity index (χ0v) is 10.8. The first-order chi connectivity index (χ1) is 9.15. The molecule has 2 aromatic carbocycles. The number of aliphatic carboxylic acids is 1. The highest BCUT2D eigenvalue weighted by atomic mass is 16.5. The van der Waals surface area contributed by atoms with Crippen LogP contribution in [0, 0.1) is 0 Å². The summed E-state index contributed by atoms with van der Waals surface area (Å²) >= 11 is 0. The van der Waals surface area contributed by atoms with Crippen LogP contribution in [0.15, 0.2) is 36.4 Å². The predicted molar refractivity (Wildman–Crippen MR) is 73.6 cm³/mol. The Morgan fingerprint density at radius 3 is 2.89 bits per heavy atom. The molecule has 2 aromatic rings. The maximum Gasteiger partial charge on any atom is 0.303 e. The number of rotatable bonds is 2. The molecule has 3 heteroatoms. The van der Waals surface area contributed by atoms with Gasteiger partial charge in [0.2, 0.25) is 0 Å². The molecule has 1 heterocycles. The first-order valence-corrected chi connectivity index (χ1v) is 6.55. The summed E-state index contributed by atoms with van der Waals surface area (Å²) in [7, 11) is 0. The summed E-state index contributed by atoms with van der Waals surface area (Å²) in [6.45, 7) is 2.00. The van der Waals surface area contributed by atoms with Gasteiger partial charge < -0.3 is 9.84 Å². The molecular weight excluding hydrogens is 240 g/mol. The minimum atomic E-state index is -0.752. The fraction of sp³-hybridized carbons (Fsp3) is 0.312. The highest BCUT2D eigenvalue weighted by Crippen LogP contribution is 2.42. The second-order valence-corrected chi connectivity index (χ2v) is 5.16. The van der Waals surface area contributed by atoms with Crippen molar-refractivity contribution in [1.29, 1.82) is 0 Å². The van der Waals surface area contributed by atoms with E-state index in [2.05, 4.69) is 0 Å². The molecular formula is C16H16O3. The number of ether oxygens (including phenoxy) is 1. The Morgan fingerprint density at radius 1 is 1.32 bits per heavy atom. The number of carboxylic acid groups (broad SMARTS) is 1. The van der Waals surface area contributed by atoms with Crippen LogP contribution in [0.5, 0.6) is 5.75 Å². The third-order valence-corrected chi connectivity index (χ3v) is 3.71. The Bertz CT molecular complexity index is 633. The van der Waals surface area contributed by atoms with Gasteiger partial charge in [0.1, 0.15) is 5.75 Å². The summed E-state index contributed by atoms with van der Waals surface area (Å²) in [5.74, 6) is 0.155. The molecule has 0 fully saturated rings. The van der Waals surface area contributed by atoms with Crippen molar-refractivity contribution in [3.05, 3.63) is 42.0 Å². The molecule has 1 unspecified atom stereocenters. The molecule has 98 valence electrons. The Kier molecular flexibility index (Phi) is 2.90. The van der Waals surface area contributed by atoms with Crippen LogP contribution in [0.1, 0.15) is 31.2 Å². The van der Waals surface area contributed by atoms with E-state index in [1.807, 2.05) is 43.3 Å². The lowest BCUT2D eigenvalue weighted by Gasteiger charge is -2.30. The van der Waals surface area contributed by atoms with Crippen LogP contribution in [-0.2, 0) is 4.79 Å². The van der Waals surface area contributed by atoms with Crippen molar-refractivity contribution in [1.82, 2.24) is 0 Å². The smallest absolute Gasteiger partial charge is 0.303 e. The van der Waals surface area contributed by atoms with E-state index in [9.17, 15) is 4.79 Å². The molecule has 0 spiro atoms. The van der Waals surface area contributed by atoms with Gasteiger partial charge in [-0.25, -0.2) is 0 Å². The molecule has 2 atom stereocenters. The first kappa shape index (κ1) is 12.0. The molecule has 1 aliphatic heterocycles. The van der Waals surface area contributed by atoms with Crippen molar-refractivity contribution in [2.75, 3.05) is 0 Å². The van der Waals surface area contributed by atoms with E-state index in [0.717, 1.165) is 28.5 Å². The topological polar surface area (TPSA) is 46.5 Å². The number of benzene rings is 2. The maximum absolute atomic E-state index is 11.0. The molecule has 19 heavy (non-hydrogen) atoms. The molecule has 0 aromatic heterocycles.